The summed E-state index contributed by atoms with van der Waals surface area (Å²) in [7, 11) is 0. The summed E-state index contributed by atoms with van der Waals surface area (Å²) >= 11 is 1.38. The summed E-state index contributed by atoms with van der Waals surface area (Å²) in [5.41, 5.74) is 6.58. The second kappa shape index (κ2) is 6.35. The number of nitrogens with two attached hydrogens (primary N) is 1. The van der Waals surface area contributed by atoms with Gasteiger partial charge in [0.15, 0.2) is 0 Å². The van der Waals surface area contributed by atoms with Gasteiger partial charge in [-0.15, -0.1) is 10.2 Å². The maximum Gasteiger partial charge on any atom is 0.203 e. The number of nitrogen functional groups attached to an aromatic ring is 1. The van der Waals surface area contributed by atoms with E-state index in [9.17, 15) is 0 Å². The molecule has 5 heteroatoms. The van der Waals surface area contributed by atoms with E-state index in [1.807, 2.05) is 24.3 Å². The highest BCUT2D eigenvalue weighted by Gasteiger charge is 2.05. The maximum atomic E-state index is 5.70. The fraction of sp³-hybridized carbons (Fsp3) is 0.385. The van der Waals surface area contributed by atoms with Crippen molar-refractivity contribution in [2.45, 2.75) is 26.2 Å². The van der Waals surface area contributed by atoms with E-state index in [2.05, 4.69) is 17.1 Å². The molecular weight excluding hydrogens is 246 g/mol. The lowest BCUT2D eigenvalue weighted by Crippen LogP contribution is -1.96. The largest absolute Gasteiger partial charge is 0.494 e. The average molecular weight is 263 g/mol. The highest BCUT2D eigenvalue weighted by atomic mass is 32.1. The zero-order chi connectivity index (χ0) is 12.8. The number of hydrogen-bond acceptors (Lipinski definition) is 5. The number of benzene rings is 1. The van der Waals surface area contributed by atoms with E-state index in [1.165, 1.54) is 24.2 Å². The van der Waals surface area contributed by atoms with Crippen molar-refractivity contribution in [2.75, 3.05) is 12.3 Å². The minimum atomic E-state index is 0.485. The topological polar surface area (TPSA) is 61.0 Å². The van der Waals surface area contributed by atoms with Crippen LogP contribution < -0.4 is 10.5 Å². The normalized spacial score (nSPS) is 10.5. The van der Waals surface area contributed by atoms with E-state index in [-0.39, 0.29) is 0 Å². The second-order valence-electron chi connectivity index (χ2n) is 4.03. The van der Waals surface area contributed by atoms with Gasteiger partial charge >= 0.3 is 0 Å². The predicted octanol–water partition coefficient (Wildman–Crippen LogP) is 3.36. The number of anilines is 1. The highest BCUT2D eigenvalue weighted by Crippen LogP contribution is 2.27. The van der Waals surface area contributed by atoms with Crippen LogP contribution in [0.3, 0.4) is 0 Å². The standard InChI is InChI=1S/C13H17N3OS/c1-2-3-4-8-17-11-7-5-6-10(9-11)12-15-16-13(14)18-12/h5-7,9H,2-4,8H2,1H3,(H2,14,16). The van der Waals surface area contributed by atoms with Crippen LogP contribution in [0, 0.1) is 0 Å². The third kappa shape index (κ3) is 3.43. The minimum Gasteiger partial charge on any atom is -0.494 e. The second-order valence-corrected chi connectivity index (χ2v) is 5.04. The first-order valence-electron chi connectivity index (χ1n) is 6.12. The SMILES string of the molecule is CCCCCOc1cccc(-c2nnc(N)s2)c1. The van der Waals surface area contributed by atoms with E-state index < -0.39 is 0 Å². The van der Waals surface area contributed by atoms with Crippen molar-refractivity contribution in [1.29, 1.82) is 0 Å². The van der Waals surface area contributed by atoms with Crippen molar-refractivity contribution in [3.8, 4) is 16.3 Å². The van der Waals surface area contributed by atoms with Gasteiger partial charge in [0.1, 0.15) is 10.8 Å². The molecule has 1 aromatic carbocycles. The minimum absolute atomic E-state index is 0.485. The number of hydrogen-bond donors (Lipinski definition) is 1. The van der Waals surface area contributed by atoms with Crippen LogP contribution in [-0.2, 0) is 0 Å². The molecular formula is C13H17N3OS. The first-order chi connectivity index (χ1) is 8.79. The van der Waals surface area contributed by atoms with Crippen molar-refractivity contribution < 1.29 is 4.74 Å². The Labute approximate surface area is 111 Å². The Morgan fingerprint density at radius 2 is 2.17 bits per heavy atom. The Bertz CT molecular complexity index is 498. The van der Waals surface area contributed by atoms with Gasteiger partial charge in [0.25, 0.3) is 0 Å². The predicted molar refractivity (Wildman–Crippen MR) is 74.8 cm³/mol. The van der Waals surface area contributed by atoms with Gasteiger partial charge in [-0.1, -0.05) is 43.2 Å². The Morgan fingerprint density at radius 1 is 1.28 bits per heavy atom. The molecule has 0 saturated heterocycles. The Hall–Kier alpha value is -1.62. The van der Waals surface area contributed by atoms with Gasteiger partial charge in [-0.2, -0.15) is 0 Å². The molecule has 96 valence electrons. The maximum absolute atomic E-state index is 5.70. The molecule has 0 atom stereocenters. The third-order valence-corrected chi connectivity index (χ3v) is 3.34. The van der Waals surface area contributed by atoms with Gasteiger partial charge in [-0.05, 0) is 18.6 Å². The molecule has 1 aromatic heterocycles. The van der Waals surface area contributed by atoms with Crippen molar-refractivity contribution in [1.82, 2.24) is 10.2 Å². The molecule has 0 radical (unpaired) electrons. The Morgan fingerprint density at radius 3 is 2.89 bits per heavy atom. The van der Waals surface area contributed by atoms with E-state index in [4.69, 9.17) is 10.5 Å². The van der Waals surface area contributed by atoms with Gasteiger partial charge in [-0.3, -0.25) is 0 Å². The summed E-state index contributed by atoms with van der Waals surface area (Å²) in [5, 5.41) is 9.15. The molecule has 0 saturated carbocycles. The molecule has 0 amide bonds. The van der Waals surface area contributed by atoms with Crippen LogP contribution in [0.1, 0.15) is 26.2 Å². The van der Waals surface area contributed by atoms with Gasteiger partial charge in [0, 0.05) is 5.56 Å². The fourth-order valence-electron chi connectivity index (χ4n) is 1.61. The molecule has 1 heterocycles. The van der Waals surface area contributed by atoms with Crippen molar-refractivity contribution >= 4 is 16.5 Å². The van der Waals surface area contributed by atoms with E-state index in [1.54, 1.807) is 0 Å². The summed E-state index contributed by atoms with van der Waals surface area (Å²) in [6, 6.07) is 7.88. The number of unbranched alkanes of at least 4 members (excludes halogenated alkanes) is 2. The highest BCUT2D eigenvalue weighted by molar-refractivity contribution is 7.18. The van der Waals surface area contributed by atoms with Crippen LogP contribution in [0.4, 0.5) is 5.13 Å². The summed E-state index contributed by atoms with van der Waals surface area (Å²) in [6.07, 6.45) is 3.49. The zero-order valence-corrected chi connectivity index (χ0v) is 11.2. The smallest absolute Gasteiger partial charge is 0.203 e. The van der Waals surface area contributed by atoms with Crippen LogP contribution in [0.25, 0.3) is 10.6 Å². The number of rotatable bonds is 6. The van der Waals surface area contributed by atoms with Crippen LogP contribution in [-0.4, -0.2) is 16.8 Å². The first kappa shape index (κ1) is 12.8. The molecule has 0 aliphatic carbocycles. The molecule has 2 N–H and O–H groups in total. The van der Waals surface area contributed by atoms with E-state index in [0.29, 0.717) is 5.13 Å². The van der Waals surface area contributed by atoms with Crippen LogP contribution in [0.15, 0.2) is 24.3 Å². The number of ether oxygens (including phenoxy) is 1. The van der Waals surface area contributed by atoms with Gasteiger partial charge in [0.05, 0.1) is 6.61 Å². The summed E-state index contributed by atoms with van der Waals surface area (Å²) < 4.78 is 5.70. The first-order valence-corrected chi connectivity index (χ1v) is 6.93. The van der Waals surface area contributed by atoms with Crippen molar-refractivity contribution in [3.63, 3.8) is 0 Å². The van der Waals surface area contributed by atoms with Crippen LogP contribution in [0.5, 0.6) is 5.75 Å². The molecule has 0 bridgehead atoms. The Balaban J connectivity index is 2.01. The number of nitrogens with zero attached hydrogens (tertiary/aromatic N) is 2. The van der Waals surface area contributed by atoms with E-state index in [0.717, 1.165) is 29.3 Å². The fourth-order valence-corrected chi connectivity index (χ4v) is 2.22. The lowest BCUT2D eigenvalue weighted by molar-refractivity contribution is 0.306. The van der Waals surface area contributed by atoms with Gasteiger partial charge < -0.3 is 10.5 Å². The number of aromatic nitrogens is 2. The molecule has 0 aliphatic heterocycles. The molecule has 0 fully saturated rings. The summed E-state index contributed by atoms with van der Waals surface area (Å²) in [5.74, 6) is 0.873. The molecule has 2 rings (SSSR count). The third-order valence-electron chi connectivity index (χ3n) is 2.54. The summed E-state index contributed by atoms with van der Waals surface area (Å²) in [4.78, 5) is 0. The van der Waals surface area contributed by atoms with Crippen molar-refractivity contribution in [2.24, 2.45) is 0 Å². The van der Waals surface area contributed by atoms with E-state index >= 15 is 0 Å². The lowest BCUT2D eigenvalue weighted by atomic mass is 10.2. The monoisotopic (exact) mass is 263 g/mol. The molecule has 2 aromatic rings. The van der Waals surface area contributed by atoms with Gasteiger partial charge in [-0.25, -0.2) is 0 Å². The van der Waals surface area contributed by atoms with Crippen molar-refractivity contribution in [3.05, 3.63) is 24.3 Å². The van der Waals surface area contributed by atoms with Crippen LogP contribution in [0.2, 0.25) is 0 Å². The molecule has 4 nitrogen and oxygen atoms in total. The molecule has 0 unspecified atom stereocenters. The molecule has 0 aliphatic rings. The molecule has 0 spiro atoms. The Kier molecular flexibility index (Phi) is 4.52. The quantitative estimate of drug-likeness (QED) is 0.812. The molecule has 18 heavy (non-hydrogen) atoms. The van der Waals surface area contributed by atoms with Crippen LogP contribution >= 0.6 is 11.3 Å². The van der Waals surface area contributed by atoms with Gasteiger partial charge in [0.2, 0.25) is 5.13 Å². The lowest BCUT2D eigenvalue weighted by Gasteiger charge is -2.06. The summed E-state index contributed by atoms with van der Waals surface area (Å²) in [6.45, 7) is 2.94. The zero-order valence-electron chi connectivity index (χ0n) is 10.4. The average Bonchev–Trinajstić information content (AvgIpc) is 2.82.